The number of anilines is 1. The van der Waals surface area contributed by atoms with Crippen LogP contribution in [0.5, 0.6) is 5.75 Å². The molecule has 2 aromatic rings. The van der Waals surface area contributed by atoms with Gasteiger partial charge in [0.1, 0.15) is 6.07 Å². The summed E-state index contributed by atoms with van der Waals surface area (Å²) in [4.78, 5) is 11.8. The van der Waals surface area contributed by atoms with Crippen molar-refractivity contribution in [3.05, 3.63) is 45.6 Å². The quantitative estimate of drug-likeness (QED) is 0.384. The number of benzene rings is 1. The Hall–Kier alpha value is -2.56. The van der Waals surface area contributed by atoms with Gasteiger partial charge in [0.15, 0.2) is 5.75 Å². The average molecular weight is 359 g/mol. The van der Waals surface area contributed by atoms with E-state index in [1.165, 1.54) is 4.88 Å². The van der Waals surface area contributed by atoms with E-state index in [0.29, 0.717) is 12.2 Å². The number of carboxylic acids is 1. The third-order valence-corrected chi connectivity index (χ3v) is 4.66. The van der Waals surface area contributed by atoms with Crippen molar-refractivity contribution in [1.82, 2.24) is 5.32 Å². The molecule has 0 amide bonds. The van der Waals surface area contributed by atoms with Gasteiger partial charge in [-0.2, -0.15) is 5.26 Å². The number of hydrogen-bond donors (Lipinski definition) is 4. The second-order valence-electron chi connectivity index (χ2n) is 5.59. The number of phenolic OH excluding ortho intramolecular Hbond substituents is 1. The van der Waals surface area contributed by atoms with Crippen LogP contribution in [0.3, 0.4) is 0 Å². The zero-order valence-electron chi connectivity index (χ0n) is 13.8. The number of nitriles is 1. The summed E-state index contributed by atoms with van der Waals surface area (Å²) in [7, 11) is 0. The maximum atomic E-state index is 10.7. The molecule has 0 spiro atoms. The van der Waals surface area contributed by atoms with Crippen molar-refractivity contribution in [2.24, 2.45) is 0 Å². The van der Waals surface area contributed by atoms with Gasteiger partial charge in [0.05, 0.1) is 17.7 Å². The molecule has 1 aromatic carbocycles. The monoisotopic (exact) mass is 359 g/mol. The Kier molecular flexibility index (Phi) is 7.26. The summed E-state index contributed by atoms with van der Waals surface area (Å²) in [6.07, 6.45) is 1.84. The molecule has 0 aliphatic rings. The number of carbonyl (C=O) groups is 1. The summed E-state index contributed by atoms with van der Waals surface area (Å²) >= 11 is 1.59. The van der Waals surface area contributed by atoms with Crippen LogP contribution in [0.4, 0.5) is 5.69 Å². The molecule has 7 heteroatoms. The van der Waals surface area contributed by atoms with E-state index < -0.39 is 5.97 Å². The van der Waals surface area contributed by atoms with Crippen molar-refractivity contribution in [3.8, 4) is 11.8 Å². The second-order valence-corrected chi connectivity index (χ2v) is 6.58. The first kappa shape index (κ1) is 18.8. The minimum atomic E-state index is -0.804. The van der Waals surface area contributed by atoms with Gasteiger partial charge in [-0.15, -0.1) is 11.3 Å². The number of phenols is 1. The maximum absolute atomic E-state index is 10.7. The van der Waals surface area contributed by atoms with Gasteiger partial charge >= 0.3 is 5.97 Å². The fourth-order valence-corrected chi connectivity index (χ4v) is 3.27. The van der Waals surface area contributed by atoms with E-state index in [4.69, 9.17) is 10.4 Å². The van der Waals surface area contributed by atoms with Crippen LogP contribution in [-0.2, 0) is 17.6 Å². The summed E-state index contributed by atoms with van der Waals surface area (Å²) in [5, 5.41) is 35.9. The zero-order valence-corrected chi connectivity index (χ0v) is 14.6. The van der Waals surface area contributed by atoms with Crippen molar-refractivity contribution < 1.29 is 15.0 Å². The number of para-hydroxylation sites is 1. The van der Waals surface area contributed by atoms with E-state index in [0.717, 1.165) is 31.5 Å². The van der Waals surface area contributed by atoms with Crippen LogP contribution in [0.25, 0.3) is 0 Å². The largest absolute Gasteiger partial charge is 0.504 e. The number of nitrogens with zero attached hydrogens (tertiary/aromatic N) is 1. The van der Waals surface area contributed by atoms with Crippen LogP contribution in [0, 0.1) is 11.3 Å². The van der Waals surface area contributed by atoms with Gasteiger partial charge in [-0.1, -0.05) is 6.07 Å². The molecule has 1 heterocycles. The lowest BCUT2D eigenvalue weighted by molar-refractivity contribution is -0.136. The predicted molar refractivity (Wildman–Crippen MR) is 98.2 cm³/mol. The average Bonchev–Trinajstić information content (AvgIpc) is 3.02. The molecule has 0 saturated heterocycles. The Bertz CT molecular complexity index is 752. The maximum Gasteiger partial charge on any atom is 0.307 e. The van der Waals surface area contributed by atoms with E-state index in [-0.39, 0.29) is 17.7 Å². The molecule has 0 aliphatic carbocycles. The molecule has 132 valence electrons. The van der Waals surface area contributed by atoms with Gasteiger partial charge in [0, 0.05) is 11.4 Å². The van der Waals surface area contributed by atoms with Gasteiger partial charge in [-0.25, -0.2) is 0 Å². The molecule has 25 heavy (non-hydrogen) atoms. The number of nitrogens with one attached hydrogen (secondary N) is 2. The zero-order chi connectivity index (χ0) is 18.1. The lowest BCUT2D eigenvalue weighted by Gasteiger charge is -2.09. The van der Waals surface area contributed by atoms with Crippen molar-refractivity contribution in [1.29, 1.82) is 5.26 Å². The van der Waals surface area contributed by atoms with Gasteiger partial charge in [-0.05, 0) is 55.1 Å². The highest BCUT2D eigenvalue weighted by Gasteiger charge is 2.06. The van der Waals surface area contributed by atoms with E-state index in [1.54, 1.807) is 29.5 Å². The number of aliphatic carboxylic acids is 1. The number of hydrogen-bond acceptors (Lipinski definition) is 6. The molecule has 2 rings (SSSR count). The first-order valence-electron chi connectivity index (χ1n) is 8.05. The molecule has 6 nitrogen and oxygen atoms in total. The normalized spacial score (nSPS) is 10.4. The summed E-state index contributed by atoms with van der Waals surface area (Å²) in [6.45, 7) is 2.36. The minimum absolute atomic E-state index is 0.00665. The first-order valence-corrected chi connectivity index (χ1v) is 8.93. The molecule has 0 radical (unpaired) electrons. The topological polar surface area (TPSA) is 105 Å². The SMILES string of the molecule is N#Cc1cccc(NCCCNCCc2cc(CC(=O)O)cs2)c1O. The molecular weight excluding hydrogens is 338 g/mol. The van der Waals surface area contributed by atoms with Crippen molar-refractivity contribution in [3.63, 3.8) is 0 Å². The van der Waals surface area contributed by atoms with Gasteiger partial charge in [0.2, 0.25) is 0 Å². The van der Waals surface area contributed by atoms with Crippen LogP contribution < -0.4 is 10.6 Å². The number of carboxylic acid groups (broad SMARTS) is 1. The molecule has 0 bridgehead atoms. The summed E-state index contributed by atoms with van der Waals surface area (Å²) < 4.78 is 0. The lowest BCUT2D eigenvalue weighted by atomic mass is 10.2. The third-order valence-electron chi connectivity index (χ3n) is 3.61. The fraction of sp³-hybridized carbons (Fsp3) is 0.333. The number of aromatic hydroxyl groups is 1. The van der Waals surface area contributed by atoms with Crippen LogP contribution in [0.15, 0.2) is 29.6 Å². The first-order chi connectivity index (χ1) is 12.1. The Balaban J connectivity index is 1.60. The lowest BCUT2D eigenvalue weighted by Crippen LogP contribution is -2.20. The predicted octanol–water partition coefficient (Wildman–Crippen LogP) is 2.59. The highest BCUT2D eigenvalue weighted by Crippen LogP contribution is 2.26. The smallest absolute Gasteiger partial charge is 0.307 e. The van der Waals surface area contributed by atoms with Crippen LogP contribution in [0.2, 0.25) is 0 Å². The molecule has 0 saturated carbocycles. The van der Waals surface area contributed by atoms with E-state index >= 15 is 0 Å². The van der Waals surface area contributed by atoms with E-state index in [1.807, 2.05) is 17.5 Å². The third kappa shape index (κ3) is 6.10. The van der Waals surface area contributed by atoms with Crippen LogP contribution >= 0.6 is 11.3 Å². The van der Waals surface area contributed by atoms with Gasteiger partial charge in [0.25, 0.3) is 0 Å². The molecule has 0 fully saturated rings. The summed E-state index contributed by atoms with van der Waals surface area (Å²) in [5.74, 6) is -0.811. The van der Waals surface area contributed by atoms with E-state index in [2.05, 4.69) is 10.6 Å². The molecule has 4 N–H and O–H groups in total. The number of rotatable bonds is 10. The summed E-state index contributed by atoms with van der Waals surface area (Å²) in [6, 6.07) is 8.96. The summed E-state index contributed by atoms with van der Waals surface area (Å²) in [5.41, 5.74) is 1.70. The van der Waals surface area contributed by atoms with Crippen molar-refractivity contribution in [2.75, 3.05) is 25.0 Å². The second kappa shape index (κ2) is 9.67. The van der Waals surface area contributed by atoms with Gasteiger partial charge < -0.3 is 20.8 Å². The Labute approximate surface area is 150 Å². The Morgan fingerprint density at radius 1 is 1.28 bits per heavy atom. The number of thiophene rings is 1. The van der Waals surface area contributed by atoms with Crippen LogP contribution in [-0.4, -0.2) is 35.8 Å². The van der Waals surface area contributed by atoms with E-state index in [9.17, 15) is 9.90 Å². The highest BCUT2D eigenvalue weighted by molar-refractivity contribution is 7.10. The fourth-order valence-electron chi connectivity index (χ4n) is 2.37. The molecule has 0 atom stereocenters. The standard InChI is InChI=1S/C18H21N3O3S/c19-11-14-3-1-4-16(18(14)24)21-7-2-6-20-8-5-15-9-13(12-25-15)10-17(22)23/h1,3-4,9,12,20-21,24H,2,5-8,10H2,(H,22,23). The molecular formula is C18H21N3O3S. The van der Waals surface area contributed by atoms with Crippen LogP contribution in [0.1, 0.15) is 22.4 Å². The minimum Gasteiger partial charge on any atom is -0.504 e. The molecule has 0 unspecified atom stereocenters. The Morgan fingerprint density at radius 3 is 2.88 bits per heavy atom. The van der Waals surface area contributed by atoms with Gasteiger partial charge in [-0.3, -0.25) is 4.79 Å². The molecule has 0 aliphatic heterocycles. The molecule has 1 aromatic heterocycles. The van der Waals surface area contributed by atoms with Crippen molar-refractivity contribution >= 4 is 23.0 Å². The highest BCUT2D eigenvalue weighted by atomic mass is 32.1. The Morgan fingerprint density at radius 2 is 2.12 bits per heavy atom. The van der Waals surface area contributed by atoms with Crippen molar-refractivity contribution in [2.45, 2.75) is 19.3 Å².